The van der Waals surface area contributed by atoms with Gasteiger partial charge in [-0.05, 0) is 50.8 Å². The summed E-state index contributed by atoms with van der Waals surface area (Å²) in [7, 11) is 0. The van der Waals surface area contributed by atoms with E-state index in [1.807, 2.05) is 0 Å². The zero-order chi connectivity index (χ0) is 14.1. The lowest BCUT2D eigenvalue weighted by Gasteiger charge is -2.28. The molecule has 2 aliphatic rings. The maximum Gasteiger partial charge on any atom is 0.227 e. The van der Waals surface area contributed by atoms with Crippen LogP contribution in [0.25, 0.3) is 0 Å². The Kier molecular flexibility index (Phi) is 5.28. The van der Waals surface area contributed by atoms with Crippen molar-refractivity contribution in [1.82, 2.24) is 10.2 Å². The van der Waals surface area contributed by atoms with Gasteiger partial charge in [-0.15, -0.1) is 12.4 Å². The Morgan fingerprint density at radius 2 is 2.00 bits per heavy atom. The summed E-state index contributed by atoms with van der Waals surface area (Å²) in [6, 6.07) is 7.28. The molecule has 2 aliphatic heterocycles. The second-order valence-corrected chi connectivity index (χ2v) is 6.29. The van der Waals surface area contributed by atoms with Gasteiger partial charge in [-0.2, -0.15) is 0 Å². The molecule has 0 aliphatic carbocycles. The number of halogens is 1. The van der Waals surface area contributed by atoms with Crippen LogP contribution in [0.15, 0.2) is 18.2 Å². The number of nitrogens with zero attached hydrogens (tertiary/aromatic N) is 1. The minimum absolute atomic E-state index is 0. The molecule has 21 heavy (non-hydrogen) atoms. The van der Waals surface area contributed by atoms with Crippen LogP contribution in [-0.4, -0.2) is 36.0 Å². The van der Waals surface area contributed by atoms with Gasteiger partial charge in [-0.3, -0.25) is 4.79 Å². The predicted molar refractivity (Wildman–Crippen MR) is 88.0 cm³/mol. The van der Waals surface area contributed by atoms with Crippen LogP contribution < -0.4 is 5.32 Å². The number of nitrogens with one attached hydrogen (secondary N) is 1. The summed E-state index contributed by atoms with van der Waals surface area (Å²) >= 11 is 0. The molecule has 2 heterocycles. The number of rotatable bonds is 2. The number of fused-ring (bicyclic) bond motifs is 2. The van der Waals surface area contributed by atoms with E-state index in [9.17, 15) is 4.79 Å². The molecule has 0 radical (unpaired) electrons. The molecule has 2 unspecified atom stereocenters. The second-order valence-electron chi connectivity index (χ2n) is 6.29. The maximum atomic E-state index is 12.7. The van der Waals surface area contributed by atoms with E-state index in [1.165, 1.54) is 23.1 Å². The van der Waals surface area contributed by atoms with Crippen molar-refractivity contribution in [1.29, 1.82) is 0 Å². The van der Waals surface area contributed by atoms with Gasteiger partial charge < -0.3 is 10.2 Å². The number of carbonyl (C=O) groups excluding carboxylic acids is 1. The van der Waals surface area contributed by atoms with Crippen LogP contribution in [0.2, 0.25) is 0 Å². The van der Waals surface area contributed by atoms with E-state index in [4.69, 9.17) is 0 Å². The van der Waals surface area contributed by atoms with Crippen molar-refractivity contribution in [3.8, 4) is 0 Å². The van der Waals surface area contributed by atoms with Crippen molar-refractivity contribution in [3.63, 3.8) is 0 Å². The Labute approximate surface area is 133 Å². The van der Waals surface area contributed by atoms with E-state index in [0.29, 0.717) is 24.4 Å². The summed E-state index contributed by atoms with van der Waals surface area (Å²) in [6.45, 7) is 6.21. The molecule has 1 aromatic carbocycles. The number of hydrogen-bond acceptors (Lipinski definition) is 2. The molecular weight excluding hydrogens is 284 g/mol. The fraction of sp³-hybridized carbons (Fsp3) is 0.588. The SMILES string of the molecule is Cc1ccc(C)c(CC(=O)N2C3CCNCC2CC3)c1.Cl. The van der Waals surface area contributed by atoms with E-state index >= 15 is 0 Å². The van der Waals surface area contributed by atoms with Gasteiger partial charge >= 0.3 is 0 Å². The standard InChI is InChI=1S/C17H24N2O.ClH/c1-12-3-4-13(2)14(9-12)10-17(20)19-15-5-6-16(19)11-18-8-7-15;/h3-4,9,15-16,18H,5-8,10-11H2,1-2H3;1H. The van der Waals surface area contributed by atoms with E-state index in [0.717, 1.165) is 25.9 Å². The average Bonchev–Trinajstić information content (AvgIpc) is 2.67. The minimum Gasteiger partial charge on any atom is -0.335 e. The molecule has 2 saturated heterocycles. The number of amides is 1. The van der Waals surface area contributed by atoms with Gasteiger partial charge in [-0.1, -0.05) is 23.8 Å². The highest BCUT2D eigenvalue weighted by molar-refractivity contribution is 5.85. The second kappa shape index (κ2) is 6.80. The van der Waals surface area contributed by atoms with Gasteiger partial charge in [-0.25, -0.2) is 0 Å². The molecule has 0 spiro atoms. The van der Waals surface area contributed by atoms with Crippen molar-refractivity contribution >= 4 is 18.3 Å². The van der Waals surface area contributed by atoms with Crippen molar-refractivity contribution in [2.24, 2.45) is 0 Å². The maximum absolute atomic E-state index is 12.7. The number of carbonyl (C=O) groups is 1. The Bertz CT molecular complexity index is 504. The number of benzene rings is 1. The van der Waals surface area contributed by atoms with Crippen molar-refractivity contribution < 1.29 is 4.79 Å². The molecule has 0 saturated carbocycles. The molecule has 2 fully saturated rings. The van der Waals surface area contributed by atoms with Gasteiger partial charge in [0, 0.05) is 18.6 Å². The van der Waals surface area contributed by atoms with Gasteiger partial charge in [0.25, 0.3) is 0 Å². The Balaban J connectivity index is 0.00000161. The molecule has 1 N–H and O–H groups in total. The van der Waals surface area contributed by atoms with E-state index in [1.54, 1.807) is 0 Å². The minimum atomic E-state index is 0. The Morgan fingerprint density at radius 3 is 2.81 bits per heavy atom. The summed E-state index contributed by atoms with van der Waals surface area (Å²) in [5, 5.41) is 3.45. The molecule has 1 aromatic rings. The van der Waals surface area contributed by atoms with Crippen molar-refractivity contribution in [2.45, 2.75) is 51.6 Å². The lowest BCUT2D eigenvalue weighted by molar-refractivity contribution is -0.133. The highest BCUT2D eigenvalue weighted by Gasteiger charge is 2.37. The quantitative estimate of drug-likeness (QED) is 0.911. The third-order valence-corrected chi connectivity index (χ3v) is 4.79. The van der Waals surface area contributed by atoms with Gasteiger partial charge in [0.1, 0.15) is 0 Å². The first-order valence-corrected chi connectivity index (χ1v) is 7.73. The molecule has 0 aromatic heterocycles. The largest absolute Gasteiger partial charge is 0.335 e. The van der Waals surface area contributed by atoms with Gasteiger partial charge in [0.2, 0.25) is 5.91 Å². The zero-order valence-electron chi connectivity index (χ0n) is 12.9. The first-order chi connectivity index (χ1) is 9.65. The molecule has 116 valence electrons. The lowest BCUT2D eigenvalue weighted by Crippen LogP contribution is -2.43. The summed E-state index contributed by atoms with van der Waals surface area (Å²) in [5.41, 5.74) is 3.65. The highest BCUT2D eigenvalue weighted by Crippen LogP contribution is 2.28. The van der Waals surface area contributed by atoms with Gasteiger partial charge in [0.05, 0.1) is 6.42 Å². The summed E-state index contributed by atoms with van der Waals surface area (Å²) in [6.07, 6.45) is 4.01. The molecule has 2 atom stereocenters. The van der Waals surface area contributed by atoms with Crippen LogP contribution in [0.5, 0.6) is 0 Å². The topological polar surface area (TPSA) is 32.3 Å². The normalized spacial score (nSPS) is 24.4. The molecule has 4 heteroatoms. The summed E-state index contributed by atoms with van der Waals surface area (Å²) in [4.78, 5) is 14.9. The van der Waals surface area contributed by atoms with Crippen LogP contribution in [0.4, 0.5) is 0 Å². The van der Waals surface area contributed by atoms with E-state index < -0.39 is 0 Å². The number of aryl methyl sites for hydroxylation is 2. The monoisotopic (exact) mass is 308 g/mol. The van der Waals surface area contributed by atoms with E-state index in [-0.39, 0.29) is 12.4 Å². The summed E-state index contributed by atoms with van der Waals surface area (Å²) in [5.74, 6) is 0.315. The van der Waals surface area contributed by atoms with Crippen molar-refractivity contribution in [2.75, 3.05) is 13.1 Å². The first-order valence-electron chi connectivity index (χ1n) is 7.73. The highest BCUT2D eigenvalue weighted by atomic mass is 35.5. The van der Waals surface area contributed by atoms with Crippen LogP contribution in [0.3, 0.4) is 0 Å². The van der Waals surface area contributed by atoms with Crippen LogP contribution in [-0.2, 0) is 11.2 Å². The Morgan fingerprint density at radius 1 is 1.24 bits per heavy atom. The molecule has 1 amide bonds. The Hall–Kier alpha value is -1.06. The molecule has 2 bridgehead atoms. The summed E-state index contributed by atoms with van der Waals surface area (Å²) < 4.78 is 0. The molecular formula is C17H25ClN2O. The third kappa shape index (κ3) is 3.41. The fourth-order valence-corrected chi connectivity index (χ4v) is 3.63. The third-order valence-electron chi connectivity index (χ3n) is 4.79. The van der Waals surface area contributed by atoms with Crippen LogP contribution >= 0.6 is 12.4 Å². The smallest absolute Gasteiger partial charge is 0.227 e. The molecule has 3 rings (SSSR count). The van der Waals surface area contributed by atoms with Crippen molar-refractivity contribution in [3.05, 3.63) is 34.9 Å². The lowest BCUT2D eigenvalue weighted by atomic mass is 10.0. The fourth-order valence-electron chi connectivity index (χ4n) is 3.63. The van der Waals surface area contributed by atoms with Gasteiger partial charge in [0.15, 0.2) is 0 Å². The zero-order valence-corrected chi connectivity index (χ0v) is 13.7. The van der Waals surface area contributed by atoms with Crippen LogP contribution in [0, 0.1) is 13.8 Å². The first kappa shape index (κ1) is 16.3. The van der Waals surface area contributed by atoms with E-state index in [2.05, 4.69) is 42.3 Å². The predicted octanol–water partition coefficient (Wildman–Crippen LogP) is 2.62. The number of hydrogen-bond donors (Lipinski definition) is 1. The molecule has 3 nitrogen and oxygen atoms in total. The van der Waals surface area contributed by atoms with Crippen LogP contribution in [0.1, 0.15) is 36.0 Å². The average molecular weight is 309 g/mol.